The Balaban J connectivity index is 1.36. The Hall–Kier alpha value is -1.96. The molecule has 4 fully saturated rings. The van der Waals surface area contributed by atoms with Crippen LogP contribution in [0.3, 0.4) is 0 Å². The summed E-state index contributed by atoms with van der Waals surface area (Å²) in [5.41, 5.74) is 11.5. The minimum Gasteiger partial charge on any atom is -0.461 e. The normalized spacial score (nSPS) is 39.1. The smallest absolute Gasteiger partial charge is 0.329 e. The maximum Gasteiger partial charge on any atom is 0.329 e. The van der Waals surface area contributed by atoms with Crippen LogP contribution in [0.1, 0.15) is 105 Å². The van der Waals surface area contributed by atoms with Crippen molar-refractivity contribution in [3.05, 3.63) is 0 Å². The van der Waals surface area contributed by atoms with E-state index in [9.17, 15) is 19.2 Å². The lowest BCUT2D eigenvalue weighted by molar-refractivity contribution is -0.166. The van der Waals surface area contributed by atoms with E-state index in [1.54, 1.807) is 6.92 Å². The predicted octanol–water partition coefficient (Wildman–Crippen LogP) is 3.88. The zero-order valence-corrected chi connectivity index (χ0v) is 24.7. The Labute approximate surface area is 234 Å². The molecule has 0 spiro atoms. The molecule has 0 aliphatic heterocycles. The first-order valence-corrected chi connectivity index (χ1v) is 15.3. The molecule has 2 amide bonds. The third-order valence-corrected chi connectivity index (χ3v) is 11.6. The van der Waals surface area contributed by atoms with Crippen LogP contribution in [0.4, 0.5) is 0 Å². The van der Waals surface area contributed by atoms with Gasteiger partial charge < -0.3 is 21.5 Å². The monoisotopic (exact) mass is 545 g/mol. The van der Waals surface area contributed by atoms with E-state index in [2.05, 4.69) is 19.2 Å². The number of nitrogens with two attached hydrogens (primary N) is 2. The standard InChI is InChI=1S/C31H51N3O5/c1-17(2)27(34-28(37)25(32)10-11-26(33)36)29(38)39-20-12-14-30(4)19(16-20)6-7-21-23-9-8-22(18(3)35)31(23,5)15-13-24(21)30/h17,19-25,27H,6-16,32H2,1-5H3,(H2,33,36)(H,34,37)/t19-,20+,21-,22+,23-,24-,25-,27-,30-,31+/m0/s1. The highest BCUT2D eigenvalue weighted by Gasteiger charge is 2.61. The summed E-state index contributed by atoms with van der Waals surface area (Å²) >= 11 is 0. The summed E-state index contributed by atoms with van der Waals surface area (Å²) in [5, 5.41) is 2.75. The first-order chi connectivity index (χ1) is 18.3. The predicted molar refractivity (Wildman–Crippen MR) is 149 cm³/mol. The first kappa shape index (κ1) is 30.0. The molecule has 8 heteroatoms. The van der Waals surface area contributed by atoms with Crippen LogP contribution in [0.5, 0.6) is 0 Å². The fourth-order valence-corrected chi connectivity index (χ4v) is 9.42. The number of Topliss-reactive ketones (excluding diaryl/α,β-unsaturated/α-hetero) is 1. The Morgan fingerprint density at radius 2 is 1.62 bits per heavy atom. The molecule has 4 aliphatic carbocycles. The zero-order valence-electron chi connectivity index (χ0n) is 24.7. The Bertz CT molecular complexity index is 968. The molecule has 5 N–H and O–H groups in total. The van der Waals surface area contributed by atoms with Crippen molar-refractivity contribution in [2.75, 3.05) is 0 Å². The molecule has 4 aliphatic rings. The molecule has 0 aromatic carbocycles. The van der Waals surface area contributed by atoms with Gasteiger partial charge in [-0.25, -0.2) is 4.79 Å². The van der Waals surface area contributed by atoms with Gasteiger partial charge >= 0.3 is 5.97 Å². The quantitative estimate of drug-likeness (QED) is 0.376. The molecule has 8 nitrogen and oxygen atoms in total. The van der Waals surface area contributed by atoms with E-state index in [4.69, 9.17) is 16.2 Å². The third kappa shape index (κ3) is 5.77. The summed E-state index contributed by atoms with van der Waals surface area (Å²) in [6.45, 7) is 10.4. The van der Waals surface area contributed by atoms with Gasteiger partial charge in [0.15, 0.2) is 0 Å². The van der Waals surface area contributed by atoms with Gasteiger partial charge in [-0.3, -0.25) is 14.4 Å². The average Bonchev–Trinajstić information content (AvgIpc) is 3.23. The number of carbonyl (C=O) groups is 4. The molecule has 4 rings (SSSR count). The highest BCUT2D eigenvalue weighted by Crippen LogP contribution is 2.67. The van der Waals surface area contributed by atoms with Gasteiger partial charge in [-0.15, -0.1) is 0 Å². The zero-order chi connectivity index (χ0) is 28.7. The number of esters is 1. The molecule has 10 atom stereocenters. The summed E-state index contributed by atoms with van der Waals surface area (Å²) in [6, 6.07) is -1.69. The largest absolute Gasteiger partial charge is 0.461 e. The Morgan fingerprint density at radius 3 is 2.26 bits per heavy atom. The minimum atomic E-state index is -0.903. The lowest BCUT2D eigenvalue weighted by Gasteiger charge is -2.61. The van der Waals surface area contributed by atoms with E-state index in [1.165, 1.54) is 19.3 Å². The number of hydrogen-bond acceptors (Lipinski definition) is 6. The molecule has 0 unspecified atom stereocenters. The summed E-state index contributed by atoms with van der Waals surface area (Å²) in [7, 11) is 0. The maximum absolute atomic E-state index is 13.2. The van der Waals surface area contributed by atoms with Crippen LogP contribution in [0.15, 0.2) is 0 Å². The number of nitrogens with one attached hydrogen (secondary N) is 1. The van der Waals surface area contributed by atoms with E-state index < -0.39 is 29.9 Å². The van der Waals surface area contributed by atoms with Gasteiger partial charge in [0.1, 0.15) is 17.9 Å². The summed E-state index contributed by atoms with van der Waals surface area (Å²) in [5.74, 6) is 1.63. The number of primary amides is 1. The molecule has 4 saturated carbocycles. The van der Waals surface area contributed by atoms with Crippen LogP contribution in [-0.4, -0.2) is 41.8 Å². The van der Waals surface area contributed by atoms with Crippen LogP contribution in [0.2, 0.25) is 0 Å². The number of ketones is 1. The molecular formula is C31H51N3O5. The van der Waals surface area contributed by atoms with Crippen LogP contribution >= 0.6 is 0 Å². The molecule has 0 aromatic rings. The molecule has 0 radical (unpaired) electrons. The van der Waals surface area contributed by atoms with E-state index >= 15 is 0 Å². The SMILES string of the molecule is CC(=O)[C@H]1CC[C@H]2[C@@H]3CC[C@H]4C[C@H](OC(=O)[C@@H](NC(=O)[C@@H](N)CCC(N)=O)C(C)C)CC[C@]4(C)[C@H]3CC[C@]12C. The molecule has 0 saturated heterocycles. The molecule has 39 heavy (non-hydrogen) atoms. The first-order valence-electron chi connectivity index (χ1n) is 15.3. The minimum absolute atomic E-state index is 0.0206. The maximum atomic E-state index is 13.2. The van der Waals surface area contributed by atoms with Crippen molar-refractivity contribution in [1.82, 2.24) is 5.32 Å². The van der Waals surface area contributed by atoms with Crippen molar-refractivity contribution < 1.29 is 23.9 Å². The van der Waals surface area contributed by atoms with Crippen LogP contribution in [0, 0.1) is 46.3 Å². The number of rotatable bonds is 9. The molecule has 0 aromatic heterocycles. The highest BCUT2D eigenvalue weighted by molar-refractivity contribution is 5.88. The molecular weight excluding hydrogens is 494 g/mol. The van der Waals surface area contributed by atoms with Gasteiger partial charge in [-0.05, 0) is 112 Å². The summed E-state index contributed by atoms with van der Waals surface area (Å²) in [6.07, 6.45) is 9.76. The average molecular weight is 546 g/mol. The van der Waals surface area contributed by atoms with Crippen molar-refractivity contribution in [2.45, 2.75) is 123 Å². The third-order valence-electron chi connectivity index (χ3n) is 11.6. The van der Waals surface area contributed by atoms with Crippen molar-refractivity contribution >= 4 is 23.6 Å². The number of ether oxygens (including phenoxy) is 1. The topological polar surface area (TPSA) is 142 Å². The van der Waals surface area contributed by atoms with Crippen molar-refractivity contribution in [2.24, 2.45) is 57.8 Å². The number of amides is 2. The Kier molecular flexibility index (Phi) is 8.85. The Morgan fingerprint density at radius 1 is 0.949 bits per heavy atom. The van der Waals surface area contributed by atoms with Crippen molar-refractivity contribution in [3.8, 4) is 0 Å². The van der Waals surface area contributed by atoms with Crippen molar-refractivity contribution in [3.63, 3.8) is 0 Å². The fourth-order valence-electron chi connectivity index (χ4n) is 9.42. The molecule has 0 heterocycles. The second-order valence-corrected chi connectivity index (χ2v) is 14.1. The second kappa shape index (κ2) is 11.5. The van der Waals surface area contributed by atoms with E-state index in [-0.39, 0.29) is 41.6 Å². The van der Waals surface area contributed by atoms with E-state index in [0.717, 1.165) is 38.5 Å². The van der Waals surface area contributed by atoms with Crippen molar-refractivity contribution in [1.29, 1.82) is 0 Å². The number of carbonyl (C=O) groups excluding carboxylic acids is 4. The van der Waals surface area contributed by atoms with Gasteiger partial charge in [-0.1, -0.05) is 27.7 Å². The van der Waals surface area contributed by atoms with Crippen LogP contribution in [-0.2, 0) is 23.9 Å². The van der Waals surface area contributed by atoms with E-state index in [0.29, 0.717) is 29.5 Å². The lowest BCUT2D eigenvalue weighted by Crippen LogP contribution is -2.55. The summed E-state index contributed by atoms with van der Waals surface area (Å²) in [4.78, 5) is 49.3. The lowest BCUT2D eigenvalue weighted by atomic mass is 9.44. The van der Waals surface area contributed by atoms with Gasteiger partial charge in [-0.2, -0.15) is 0 Å². The highest BCUT2D eigenvalue weighted by atomic mass is 16.5. The van der Waals surface area contributed by atoms with Gasteiger partial charge in [0.05, 0.1) is 6.04 Å². The van der Waals surface area contributed by atoms with Crippen LogP contribution < -0.4 is 16.8 Å². The summed E-state index contributed by atoms with van der Waals surface area (Å²) < 4.78 is 6.04. The molecule has 0 bridgehead atoms. The van der Waals surface area contributed by atoms with Gasteiger partial charge in [0, 0.05) is 12.3 Å². The van der Waals surface area contributed by atoms with E-state index in [1.807, 2.05) is 13.8 Å². The van der Waals surface area contributed by atoms with Gasteiger partial charge in [0.2, 0.25) is 11.8 Å². The fraction of sp³-hybridized carbons (Fsp3) is 0.871. The van der Waals surface area contributed by atoms with Gasteiger partial charge in [0.25, 0.3) is 0 Å². The molecule has 220 valence electrons. The van der Waals surface area contributed by atoms with Crippen LogP contribution in [0.25, 0.3) is 0 Å². The number of fused-ring (bicyclic) bond motifs is 5. The number of hydrogen-bond donors (Lipinski definition) is 3. The second-order valence-electron chi connectivity index (χ2n) is 14.1.